The van der Waals surface area contributed by atoms with Crippen LogP contribution in [0.5, 0.6) is 0 Å². The Morgan fingerprint density at radius 3 is 2.39 bits per heavy atom. The van der Waals surface area contributed by atoms with Gasteiger partial charge in [-0.15, -0.1) is 0 Å². The van der Waals surface area contributed by atoms with Crippen LogP contribution in [0.4, 0.5) is 32.0 Å². The first kappa shape index (κ1) is 17.4. The highest BCUT2D eigenvalue weighted by Crippen LogP contribution is 2.34. The SMILES string of the molecule is CN(CC(F)(F)F)c1cc(C(F)(F)F)ccc1CC1=NCCN1. The summed E-state index contributed by atoms with van der Waals surface area (Å²) in [5.41, 5.74) is -0.724. The number of hydrogen-bond acceptors (Lipinski definition) is 3. The summed E-state index contributed by atoms with van der Waals surface area (Å²) in [5, 5.41) is 2.95. The third kappa shape index (κ3) is 4.77. The molecule has 0 atom stereocenters. The molecule has 23 heavy (non-hydrogen) atoms. The Morgan fingerprint density at radius 1 is 1.17 bits per heavy atom. The smallest absolute Gasteiger partial charge is 0.372 e. The van der Waals surface area contributed by atoms with E-state index in [0.29, 0.717) is 24.5 Å². The number of alkyl halides is 6. The fourth-order valence-electron chi connectivity index (χ4n) is 2.34. The molecule has 1 aromatic rings. The largest absolute Gasteiger partial charge is 0.416 e. The Labute approximate surface area is 129 Å². The second-order valence-corrected chi connectivity index (χ2v) is 5.24. The molecular weight excluding hydrogens is 324 g/mol. The molecular formula is C14H15F6N3. The van der Waals surface area contributed by atoms with Gasteiger partial charge in [-0.2, -0.15) is 26.3 Å². The number of nitrogens with one attached hydrogen (secondary N) is 1. The van der Waals surface area contributed by atoms with Crippen molar-refractivity contribution >= 4 is 11.5 Å². The van der Waals surface area contributed by atoms with Crippen molar-refractivity contribution in [2.24, 2.45) is 4.99 Å². The molecule has 1 aliphatic heterocycles. The zero-order valence-electron chi connectivity index (χ0n) is 12.2. The van der Waals surface area contributed by atoms with E-state index in [2.05, 4.69) is 10.3 Å². The first-order valence-electron chi connectivity index (χ1n) is 6.81. The van der Waals surface area contributed by atoms with Crippen molar-refractivity contribution in [2.45, 2.75) is 18.8 Å². The Morgan fingerprint density at radius 2 is 1.87 bits per heavy atom. The van der Waals surface area contributed by atoms with Gasteiger partial charge in [-0.1, -0.05) is 6.07 Å². The highest BCUT2D eigenvalue weighted by Gasteiger charge is 2.34. The summed E-state index contributed by atoms with van der Waals surface area (Å²) < 4.78 is 76.2. The molecule has 0 saturated heterocycles. The molecule has 1 N–H and O–H groups in total. The summed E-state index contributed by atoms with van der Waals surface area (Å²) in [4.78, 5) is 4.90. The normalized spacial score (nSPS) is 15.3. The van der Waals surface area contributed by atoms with Crippen molar-refractivity contribution in [3.05, 3.63) is 29.3 Å². The van der Waals surface area contributed by atoms with Crippen molar-refractivity contribution in [1.82, 2.24) is 5.32 Å². The van der Waals surface area contributed by atoms with Crippen molar-refractivity contribution in [1.29, 1.82) is 0 Å². The first-order chi connectivity index (χ1) is 10.6. The molecule has 1 aliphatic rings. The van der Waals surface area contributed by atoms with E-state index in [1.807, 2.05) is 0 Å². The van der Waals surface area contributed by atoms with Crippen LogP contribution in [0.25, 0.3) is 0 Å². The summed E-state index contributed by atoms with van der Waals surface area (Å²) in [7, 11) is 1.12. The number of nitrogens with zero attached hydrogens (tertiary/aromatic N) is 2. The maximum absolute atomic E-state index is 12.8. The summed E-state index contributed by atoms with van der Waals surface area (Å²) >= 11 is 0. The van der Waals surface area contributed by atoms with Gasteiger partial charge in [-0.05, 0) is 17.7 Å². The van der Waals surface area contributed by atoms with Gasteiger partial charge in [0.05, 0.1) is 12.1 Å². The van der Waals surface area contributed by atoms with Gasteiger partial charge >= 0.3 is 12.4 Å². The Balaban J connectivity index is 2.36. The van der Waals surface area contributed by atoms with Gasteiger partial charge in [0, 0.05) is 25.7 Å². The van der Waals surface area contributed by atoms with Crippen LogP contribution in [-0.4, -0.2) is 38.7 Å². The average molecular weight is 339 g/mol. The molecule has 9 heteroatoms. The molecule has 0 radical (unpaired) electrons. The van der Waals surface area contributed by atoms with E-state index in [1.165, 1.54) is 6.07 Å². The molecule has 0 saturated carbocycles. The van der Waals surface area contributed by atoms with Crippen molar-refractivity contribution < 1.29 is 26.3 Å². The second-order valence-electron chi connectivity index (χ2n) is 5.24. The molecule has 1 heterocycles. The third-order valence-electron chi connectivity index (χ3n) is 3.34. The van der Waals surface area contributed by atoms with E-state index < -0.39 is 24.5 Å². The van der Waals surface area contributed by atoms with Crippen LogP contribution in [0, 0.1) is 0 Å². The number of hydrogen-bond donors (Lipinski definition) is 1. The molecule has 0 unspecified atom stereocenters. The van der Waals surface area contributed by atoms with Crippen molar-refractivity contribution in [3.8, 4) is 0 Å². The minimum Gasteiger partial charge on any atom is -0.372 e. The Kier molecular flexibility index (Phi) is 4.76. The predicted molar refractivity (Wildman–Crippen MR) is 74.8 cm³/mol. The van der Waals surface area contributed by atoms with E-state index >= 15 is 0 Å². The van der Waals surface area contributed by atoms with Gasteiger partial charge in [-0.3, -0.25) is 4.99 Å². The summed E-state index contributed by atoms with van der Waals surface area (Å²) in [6.07, 6.45) is -8.96. The molecule has 0 amide bonds. The van der Waals surface area contributed by atoms with Crippen LogP contribution < -0.4 is 10.2 Å². The van der Waals surface area contributed by atoms with Gasteiger partial charge in [0.25, 0.3) is 0 Å². The number of amidine groups is 1. The monoisotopic (exact) mass is 339 g/mol. The fraction of sp³-hybridized carbons (Fsp3) is 0.500. The minimum absolute atomic E-state index is 0.103. The summed E-state index contributed by atoms with van der Waals surface area (Å²) in [5.74, 6) is 0.561. The summed E-state index contributed by atoms with van der Waals surface area (Å²) in [6, 6.07) is 2.82. The van der Waals surface area contributed by atoms with E-state index in [4.69, 9.17) is 0 Å². The molecule has 0 fully saturated rings. The van der Waals surface area contributed by atoms with Crippen molar-refractivity contribution in [2.75, 3.05) is 31.6 Å². The van der Waals surface area contributed by atoms with Gasteiger partial charge in [0.1, 0.15) is 12.4 Å². The summed E-state index contributed by atoms with van der Waals surface area (Å²) in [6.45, 7) is -0.172. The Bertz CT molecular complexity index is 591. The number of halogens is 6. The number of anilines is 1. The van der Waals surface area contributed by atoms with Crippen LogP contribution in [0.1, 0.15) is 11.1 Å². The van der Waals surface area contributed by atoms with Crippen LogP contribution in [0.2, 0.25) is 0 Å². The topological polar surface area (TPSA) is 27.6 Å². The van der Waals surface area contributed by atoms with Gasteiger partial charge in [-0.25, -0.2) is 0 Å². The average Bonchev–Trinajstić information content (AvgIpc) is 2.88. The maximum atomic E-state index is 12.8. The molecule has 0 aliphatic carbocycles. The highest BCUT2D eigenvalue weighted by molar-refractivity contribution is 5.87. The lowest BCUT2D eigenvalue weighted by Gasteiger charge is -2.25. The van der Waals surface area contributed by atoms with Crippen LogP contribution in [0.15, 0.2) is 23.2 Å². The molecule has 3 nitrogen and oxygen atoms in total. The molecule has 0 spiro atoms. The molecule has 128 valence electrons. The van der Waals surface area contributed by atoms with E-state index in [-0.39, 0.29) is 12.1 Å². The predicted octanol–water partition coefficient (Wildman–Crippen LogP) is 3.25. The molecule has 2 rings (SSSR count). The number of rotatable bonds is 4. The van der Waals surface area contributed by atoms with Crippen molar-refractivity contribution in [3.63, 3.8) is 0 Å². The number of aliphatic imine (C=N–C) groups is 1. The third-order valence-corrected chi connectivity index (χ3v) is 3.34. The molecule has 0 aromatic heterocycles. The fourth-order valence-corrected chi connectivity index (χ4v) is 2.34. The van der Waals surface area contributed by atoms with Crippen LogP contribution in [-0.2, 0) is 12.6 Å². The zero-order chi connectivity index (χ0) is 17.3. The molecule has 1 aromatic carbocycles. The van der Waals surface area contributed by atoms with Crippen LogP contribution >= 0.6 is 0 Å². The van der Waals surface area contributed by atoms with Gasteiger partial charge in [0.2, 0.25) is 0 Å². The minimum atomic E-state index is -4.62. The van der Waals surface area contributed by atoms with E-state index in [9.17, 15) is 26.3 Å². The molecule has 0 bridgehead atoms. The number of benzene rings is 1. The maximum Gasteiger partial charge on any atom is 0.416 e. The highest BCUT2D eigenvalue weighted by atomic mass is 19.4. The zero-order valence-corrected chi connectivity index (χ0v) is 12.2. The quantitative estimate of drug-likeness (QED) is 0.853. The van der Waals surface area contributed by atoms with E-state index in [0.717, 1.165) is 24.1 Å². The Hall–Kier alpha value is -1.93. The van der Waals surface area contributed by atoms with Gasteiger partial charge < -0.3 is 10.2 Å². The standard InChI is InChI=1S/C14H15F6N3/c1-23(8-13(15,16)17)11-7-10(14(18,19)20)3-2-9(11)6-12-21-4-5-22-12/h2-3,7H,4-6,8H2,1H3,(H,21,22). The lowest BCUT2D eigenvalue weighted by atomic mass is 10.0. The lowest BCUT2D eigenvalue weighted by molar-refractivity contribution is -0.137. The first-order valence-corrected chi connectivity index (χ1v) is 6.81. The lowest BCUT2D eigenvalue weighted by Crippen LogP contribution is -2.32. The van der Waals surface area contributed by atoms with E-state index in [1.54, 1.807) is 0 Å². The second kappa shape index (κ2) is 6.29. The van der Waals surface area contributed by atoms with Crippen LogP contribution in [0.3, 0.4) is 0 Å². The van der Waals surface area contributed by atoms with Gasteiger partial charge in [0.15, 0.2) is 0 Å².